The maximum Gasteiger partial charge on any atom is 0.485 e. The fourth-order valence-corrected chi connectivity index (χ4v) is 7.84. The maximum atomic E-state index is 12.7. The molecule has 50 heavy (non-hydrogen) atoms. The van der Waals surface area contributed by atoms with E-state index in [-0.39, 0.29) is 35.9 Å². The summed E-state index contributed by atoms with van der Waals surface area (Å²) in [6, 6.07) is 5.42. The molecule has 5 rings (SSSR count). The minimum absolute atomic E-state index is 0.0104. The number of thiazole rings is 1. The number of hydrogen-bond acceptors (Lipinski definition) is 12. The number of hydrogen-bond donors (Lipinski definition) is 2. The summed E-state index contributed by atoms with van der Waals surface area (Å²) in [7, 11) is -4.46. The first-order valence-electron chi connectivity index (χ1n) is 14.4. The minimum Gasteiger partial charge on any atom is -0.741 e. The van der Waals surface area contributed by atoms with Crippen LogP contribution in [0.1, 0.15) is 24.3 Å². The van der Waals surface area contributed by atoms with Crippen molar-refractivity contribution < 1.29 is 64.8 Å². The third kappa shape index (κ3) is 7.57. The highest BCUT2D eigenvalue weighted by molar-refractivity contribution is 7.98. The number of ether oxygens (including phenoxy) is 1. The van der Waals surface area contributed by atoms with Gasteiger partial charge in [-0.2, -0.15) is 17.6 Å². The summed E-state index contributed by atoms with van der Waals surface area (Å²) >= 11 is 2.96. The molecule has 0 bridgehead atoms. The second kappa shape index (κ2) is 14.5. The van der Waals surface area contributed by atoms with E-state index in [1.54, 1.807) is 26.1 Å². The quantitative estimate of drug-likeness (QED) is 0.0580. The first-order valence-corrected chi connectivity index (χ1v) is 17.8. The molecule has 4 heterocycles. The van der Waals surface area contributed by atoms with Gasteiger partial charge in [0.15, 0.2) is 10.1 Å². The van der Waals surface area contributed by atoms with Crippen LogP contribution in [0.5, 0.6) is 0 Å². The van der Waals surface area contributed by atoms with Gasteiger partial charge in [0.05, 0.1) is 34.4 Å². The van der Waals surface area contributed by atoms with Gasteiger partial charge in [0, 0.05) is 30.7 Å². The standard InChI is InChI=1S/C27H29N5O8S2.CHF3O3S/c1-14-19(22(26(35)36)31-21(14)20(15(2)33)23(31)34)18-11-30-13-29(24(41-4)25(30)42-18)10-9-28(3)27(37)40-12-16-5-7-17(8-6-16)32(38)39;2-1(3,4)8(5,6)7/h5-8,11,13-15,20-21,33H,9-10,12H2,1-4H3;(H,5,6,7)/t14-,15+,20+,21+;/m0./s1. The van der Waals surface area contributed by atoms with Gasteiger partial charge in [-0.15, -0.1) is 0 Å². The van der Waals surface area contributed by atoms with Crippen molar-refractivity contribution in [1.29, 1.82) is 0 Å². The molecule has 272 valence electrons. The number of fused-ring (bicyclic) bond motifs is 2. The van der Waals surface area contributed by atoms with Crippen LogP contribution in [0.3, 0.4) is 0 Å². The molecule has 0 radical (unpaired) electrons. The number of carboxylic acid groups (broad SMARTS) is 1. The number of nitro benzene ring substituents is 1. The Morgan fingerprint density at radius 2 is 1.86 bits per heavy atom. The Labute approximate surface area is 290 Å². The van der Waals surface area contributed by atoms with Crippen molar-refractivity contribution in [3.05, 3.63) is 63.0 Å². The molecular formula is C28H30F3N5O11S3. The molecule has 0 spiro atoms. The molecule has 0 saturated carbocycles. The topological polar surface area (TPSA) is 217 Å². The Morgan fingerprint density at radius 1 is 1.26 bits per heavy atom. The maximum absolute atomic E-state index is 12.7. The number of alkyl halides is 3. The lowest BCUT2D eigenvalue weighted by atomic mass is 9.77. The molecule has 3 aromatic rings. The van der Waals surface area contributed by atoms with Gasteiger partial charge in [-0.1, -0.05) is 30.0 Å². The van der Waals surface area contributed by atoms with Crippen LogP contribution in [0.15, 0.2) is 47.5 Å². The molecule has 1 saturated heterocycles. The number of nitrogens with zero attached hydrogens (tertiary/aromatic N) is 5. The number of carboxylic acids is 1. The fourth-order valence-electron chi connectivity index (χ4n) is 5.63. The highest BCUT2D eigenvalue weighted by Gasteiger charge is 2.60. The number of carbonyl (C=O) groups excluding carboxylic acids is 2. The molecule has 0 aliphatic carbocycles. The van der Waals surface area contributed by atoms with E-state index in [0.717, 1.165) is 14.7 Å². The van der Waals surface area contributed by atoms with Crippen molar-refractivity contribution in [2.24, 2.45) is 11.8 Å². The van der Waals surface area contributed by atoms with Crippen LogP contribution in [-0.4, -0.2) is 97.9 Å². The number of non-ortho nitro benzene ring substituents is 1. The van der Waals surface area contributed by atoms with Crippen molar-refractivity contribution >= 4 is 67.3 Å². The lowest BCUT2D eigenvalue weighted by molar-refractivity contribution is -0.508. The van der Waals surface area contributed by atoms with Crippen LogP contribution in [0, 0.1) is 22.0 Å². The molecule has 2 aromatic heterocycles. The highest BCUT2D eigenvalue weighted by Crippen LogP contribution is 2.51. The van der Waals surface area contributed by atoms with Gasteiger partial charge in [0.25, 0.3) is 12.0 Å². The van der Waals surface area contributed by atoms with Gasteiger partial charge >= 0.3 is 17.6 Å². The monoisotopic (exact) mass is 765 g/mol. The Balaban J connectivity index is 0.000000627. The van der Waals surface area contributed by atoms with Crippen LogP contribution < -0.4 is 4.40 Å². The van der Waals surface area contributed by atoms with Gasteiger partial charge in [0.1, 0.15) is 25.0 Å². The number of carbonyl (C=O) groups is 3. The molecule has 2 aliphatic rings. The highest BCUT2D eigenvalue weighted by atomic mass is 32.2. The number of aliphatic hydroxyl groups is 1. The van der Waals surface area contributed by atoms with E-state index in [2.05, 4.69) is 0 Å². The second-order valence-corrected chi connectivity index (χ2v) is 14.4. The van der Waals surface area contributed by atoms with Crippen molar-refractivity contribution in [2.45, 2.75) is 49.7 Å². The van der Waals surface area contributed by atoms with E-state index in [9.17, 15) is 47.9 Å². The Kier molecular flexibility index (Phi) is 11.2. The van der Waals surface area contributed by atoms with E-state index in [1.165, 1.54) is 45.0 Å². The average molecular weight is 766 g/mol. The van der Waals surface area contributed by atoms with Crippen LogP contribution in [0.25, 0.3) is 10.4 Å². The van der Waals surface area contributed by atoms with E-state index in [0.29, 0.717) is 24.2 Å². The molecular weight excluding hydrogens is 736 g/mol. The second-order valence-electron chi connectivity index (χ2n) is 11.2. The largest absolute Gasteiger partial charge is 0.741 e. The summed E-state index contributed by atoms with van der Waals surface area (Å²) < 4.78 is 68.2. The Bertz CT molecular complexity index is 1960. The summed E-state index contributed by atoms with van der Waals surface area (Å²) in [6.07, 6.45) is 4.29. The third-order valence-corrected chi connectivity index (χ3v) is 10.7. The SMILES string of the molecule is CSc1c2sc(C3=C(C(=O)O)N4C(=O)[C@H]([C@@H](C)O)[C@H]4[C@H]3C)c[n+]2cn1CCN(C)C(=O)OCc1ccc([N+](=O)[O-])cc1.O=S(=O)([O-])C(F)(F)F. The number of likely N-dealkylation sites (N-methyl/N-ethyl adjacent to an activating group) is 1. The van der Waals surface area contributed by atoms with Crippen molar-refractivity contribution in [3.8, 4) is 0 Å². The molecule has 2 N–H and O–H groups in total. The number of amides is 2. The number of thioether (sulfide) groups is 1. The first kappa shape index (κ1) is 38.6. The lowest BCUT2D eigenvalue weighted by Gasteiger charge is -2.46. The first-order chi connectivity index (χ1) is 23.2. The number of rotatable bonds is 10. The zero-order chi connectivity index (χ0) is 37.5. The zero-order valence-corrected chi connectivity index (χ0v) is 29.0. The van der Waals surface area contributed by atoms with E-state index in [1.807, 2.05) is 34.7 Å². The van der Waals surface area contributed by atoms with E-state index < -0.39 is 44.6 Å². The van der Waals surface area contributed by atoms with Gasteiger partial charge in [-0.3, -0.25) is 14.9 Å². The van der Waals surface area contributed by atoms with Crippen LogP contribution in [0.2, 0.25) is 0 Å². The van der Waals surface area contributed by atoms with Crippen LogP contribution in [0.4, 0.5) is 23.7 Å². The van der Waals surface area contributed by atoms with Gasteiger partial charge < -0.3 is 29.3 Å². The summed E-state index contributed by atoms with van der Waals surface area (Å²) in [4.78, 5) is 52.2. The summed E-state index contributed by atoms with van der Waals surface area (Å²) in [6.45, 7) is 4.27. The van der Waals surface area contributed by atoms with Crippen molar-refractivity contribution in [3.63, 3.8) is 0 Å². The fraction of sp³-hybridized carbons (Fsp3) is 0.429. The number of aliphatic hydroxyl groups excluding tert-OH is 1. The predicted octanol–water partition coefficient (Wildman–Crippen LogP) is 2.89. The van der Waals surface area contributed by atoms with Crippen LogP contribution in [-0.2, 0) is 37.6 Å². The summed E-state index contributed by atoms with van der Waals surface area (Å²) in [5.41, 5.74) is -4.48. The van der Waals surface area contributed by atoms with Gasteiger partial charge in [0.2, 0.25) is 15.8 Å². The van der Waals surface area contributed by atoms with Crippen LogP contribution >= 0.6 is 23.1 Å². The number of imidazole rings is 1. The number of halogens is 3. The number of aromatic nitrogens is 2. The van der Waals surface area contributed by atoms with E-state index in [4.69, 9.17) is 17.7 Å². The number of β-lactam (4-membered cyclic amide) rings is 1. The van der Waals surface area contributed by atoms with Crippen molar-refractivity contribution in [1.82, 2.24) is 14.4 Å². The summed E-state index contributed by atoms with van der Waals surface area (Å²) in [5.74, 6) is -2.42. The molecule has 1 fully saturated rings. The Hall–Kier alpha value is -4.25. The van der Waals surface area contributed by atoms with Crippen molar-refractivity contribution in [2.75, 3.05) is 19.8 Å². The van der Waals surface area contributed by atoms with Gasteiger partial charge in [-0.05, 0) is 30.9 Å². The molecule has 0 unspecified atom stereocenters. The molecule has 2 amide bonds. The zero-order valence-electron chi connectivity index (χ0n) is 26.6. The van der Waals surface area contributed by atoms with Gasteiger partial charge in [-0.25, -0.2) is 22.6 Å². The number of benzene rings is 1. The molecule has 2 aliphatic heterocycles. The molecule has 16 nitrogen and oxygen atoms in total. The summed E-state index contributed by atoms with van der Waals surface area (Å²) in [5, 5.41) is 31.9. The minimum atomic E-state index is -6.09. The average Bonchev–Trinajstić information content (AvgIpc) is 3.64. The Morgan fingerprint density at radius 3 is 2.36 bits per heavy atom. The normalized spacial score (nSPS) is 19.4. The van der Waals surface area contributed by atoms with E-state index >= 15 is 0 Å². The molecule has 22 heteroatoms. The third-order valence-electron chi connectivity index (χ3n) is 8.02. The smallest absolute Gasteiger partial charge is 0.485 e. The lowest BCUT2D eigenvalue weighted by Crippen LogP contribution is -2.63. The predicted molar refractivity (Wildman–Crippen MR) is 168 cm³/mol. The number of aliphatic carboxylic acids is 1. The molecule has 1 aromatic carbocycles. The number of nitro groups is 1. The molecule has 4 atom stereocenters.